The van der Waals surface area contributed by atoms with Crippen molar-refractivity contribution < 1.29 is 18.7 Å². The van der Waals surface area contributed by atoms with Crippen LogP contribution in [0.15, 0.2) is 10.5 Å². The topological polar surface area (TPSA) is 59.8 Å². The number of hydrogen-bond donors (Lipinski definition) is 0. The largest absolute Gasteiger partial charge is 0.465 e. The molecule has 1 aromatic heterocycles. The summed E-state index contributed by atoms with van der Waals surface area (Å²) in [5.41, 5.74) is 0.400. The van der Waals surface area contributed by atoms with Crippen LogP contribution in [0.5, 0.6) is 0 Å². The molecule has 0 bridgehead atoms. The number of furan rings is 1. The number of ether oxygens (including phenoxy) is 1. The molecule has 0 unspecified atom stereocenters. The van der Waals surface area contributed by atoms with Crippen LogP contribution in [0.1, 0.15) is 42.6 Å². The summed E-state index contributed by atoms with van der Waals surface area (Å²) >= 11 is 1.60. The Morgan fingerprint density at radius 2 is 2.00 bits per heavy atom. The monoisotopic (exact) mass is 313 g/mol. The number of aryl methyl sites for hydroxylation is 1. The second-order valence-corrected chi connectivity index (χ2v) is 7.63. The highest BCUT2D eigenvalue weighted by atomic mass is 32.2. The van der Waals surface area contributed by atoms with E-state index >= 15 is 0 Å². The third kappa shape index (κ3) is 5.46. The predicted molar refractivity (Wildman–Crippen MR) is 83.5 cm³/mol. The Morgan fingerprint density at radius 3 is 2.52 bits per heavy atom. The number of carbonyl (C=O) groups is 2. The van der Waals surface area contributed by atoms with Crippen molar-refractivity contribution in [3.63, 3.8) is 0 Å². The van der Waals surface area contributed by atoms with E-state index in [-0.39, 0.29) is 10.7 Å². The van der Waals surface area contributed by atoms with Gasteiger partial charge in [-0.1, -0.05) is 20.8 Å². The van der Waals surface area contributed by atoms with Crippen LogP contribution in [0.2, 0.25) is 0 Å². The minimum absolute atomic E-state index is 0.0311. The highest BCUT2D eigenvalue weighted by Gasteiger charge is 2.19. The van der Waals surface area contributed by atoms with E-state index in [9.17, 15) is 9.59 Å². The molecule has 0 N–H and O–H groups in total. The second-order valence-electron chi connectivity index (χ2n) is 5.83. The van der Waals surface area contributed by atoms with Crippen molar-refractivity contribution in [2.45, 2.75) is 39.0 Å². The SMILES string of the molecule is COC(=O)c1cc(CN(C)C(=O)CSC(C)(C)C)oc1C. The number of carbonyl (C=O) groups excluding carboxylic acids is 2. The Labute approximate surface area is 130 Å². The third-order valence-corrected chi connectivity index (χ3v) is 4.08. The van der Waals surface area contributed by atoms with Gasteiger partial charge in [0.15, 0.2) is 0 Å². The van der Waals surface area contributed by atoms with Crippen LogP contribution < -0.4 is 0 Å². The molecular formula is C15H23NO4S. The molecule has 1 amide bonds. The van der Waals surface area contributed by atoms with Crippen molar-refractivity contribution in [1.82, 2.24) is 4.90 Å². The fourth-order valence-corrected chi connectivity index (χ4v) is 2.42. The van der Waals surface area contributed by atoms with Gasteiger partial charge in [0.05, 0.1) is 19.4 Å². The molecule has 0 fully saturated rings. The lowest BCUT2D eigenvalue weighted by Gasteiger charge is -2.20. The first-order valence-electron chi connectivity index (χ1n) is 6.69. The van der Waals surface area contributed by atoms with Crippen molar-refractivity contribution in [2.75, 3.05) is 19.9 Å². The van der Waals surface area contributed by atoms with E-state index in [1.165, 1.54) is 7.11 Å². The van der Waals surface area contributed by atoms with E-state index in [1.807, 2.05) is 0 Å². The number of rotatable bonds is 5. The molecule has 0 aliphatic rings. The minimum Gasteiger partial charge on any atom is -0.465 e. The first-order valence-corrected chi connectivity index (χ1v) is 7.68. The maximum absolute atomic E-state index is 12.0. The zero-order valence-electron chi connectivity index (χ0n) is 13.5. The predicted octanol–water partition coefficient (Wildman–Crippen LogP) is 2.86. The van der Waals surface area contributed by atoms with Crippen molar-refractivity contribution in [2.24, 2.45) is 0 Å². The van der Waals surface area contributed by atoms with E-state index in [4.69, 9.17) is 4.42 Å². The lowest BCUT2D eigenvalue weighted by atomic mass is 10.2. The van der Waals surface area contributed by atoms with Crippen molar-refractivity contribution in [3.8, 4) is 0 Å². The van der Waals surface area contributed by atoms with Crippen LogP contribution in [0, 0.1) is 6.92 Å². The summed E-state index contributed by atoms with van der Waals surface area (Å²) in [7, 11) is 3.05. The molecule has 1 aromatic rings. The summed E-state index contributed by atoms with van der Waals surface area (Å²) in [6.45, 7) is 8.25. The molecular weight excluding hydrogens is 290 g/mol. The normalized spacial score (nSPS) is 11.3. The molecule has 6 heteroatoms. The van der Waals surface area contributed by atoms with Gasteiger partial charge in [-0.15, -0.1) is 11.8 Å². The molecule has 0 saturated carbocycles. The van der Waals surface area contributed by atoms with Gasteiger partial charge >= 0.3 is 5.97 Å². The van der Waals surface area contributed by atoms with Gasteiger partial charge in [-0.25, -0.2) is 4.79 Å². The van der Waals surface area contributed by atoms with Crippen LogP contribution in [0.4, 0.5) is 0 Å². The average molecular weight is 313 g/mol. The Morgan fingerprint density at radius 1 is 1.38 bits per heavy atom. The molecule has 0 atom stereocenters. The van der Waals surface area contributed by atoms with E-state index in [0.717, 1.165) is 0 Å². The lowest BCUT2D eigenvalue weighted by molar-refractivity contribution is -0.127. The molecule has 118 valence electrons. The summed E-state index contributed by atoms with van der Waals surface area (Å²) in [4.78, 5) is 25.2. The number of nitrogens with zero attached hydrogens (tertiary/aromatic N) is 1. The van der Waals surface area contributed by atoms with Gasteiger partial charge in [0.2, 0.25) is 5.91 Å². The maximum atomic E-state index is 12.0. The van der Waals surface area contributed by atoms with Crippen LogP contribution in [0.25, 0.3) is 0 Å². The fourth-order valence-electron chi connectivity index (χ4n) is 1.64. The molecule has 0 aliphatic heterocycles. The number of hydrogen-bond acceptors (Lipinski definition) is 5. The average Bonchev–Trinajstić information content (AvgIpc) is 2.74. The first-order chi connectivity index (χ1) is 9.64. The molecule has 0 aliphatic carbocycles. The molecule has 5 nitrogen and oxygen atoms in total. The van der Waals surface area contributed by atoms with E-state index < -0.39 is 5.97 Å². The summed E-state index contributed by atoms with van der Waals surface area (Å²) in [6, 6.07) is 1.63. The Bertz CT molecular complexity index is 516. The first kappa shape index (κ1) is 17.6. The van der Waals surface area contributed by atoms with Crippen molar-refractivity contribution in [3.05, 3.63) is 23.2 Å². The summed E-state index contributed by atoms with van der Waals surface area (Å²) in [5.74, 6) is 1.10. The third-order valence-electron chi connectivity index (χ3n) is 2.82. The second kappa shape index (κ2) is 7.02. The Hall–Kier alpha value is -1.43. The van der Waals surface area contributed by atoms with Gasteiger partial charge in [-0.3, -0.25) is 4.79 Å². The number of thioether (sulfide) groups is 1. The van der Waals surface area contributed by atoms with Crippen molar-refractivity contribution >= 4 is 23.6 Å². The zero-order valence-corrected chi connectivity index (χ0v) is 14.3. The highest BCUT2D eigenvalue weighted by Crippen LogP contribution is 2.23. The molecule has 0 spiro atoms. The molecule has 1 heterocycles. The molecule has 0 saturated heterocycles. The summed E-state index contributed by atoms with van der Waals surface area (Å²) in [5, 5.41) is 0. The van der Waals surface area contributed by atoms with Crippen LogP contribution >= 0.6 is 11.8 Å². The molecule has 1 rings (SSSR count). The summed E-state index contributed by atoms with van der Waals surface area (Å²) in [6.07, 6.45) is 0. The smallest absolute Gasteiger partial charge is 0.341 e. The van der Waals surface area contributed by atoms with Crippen molar-refractivity contribution in [1.29, 1.82) is 0 Å². The highest BCUT2D eigenvalue weighted by molar-refractivity contribution is 8.01. The van der Waals surface area contributed by atoms with Crippen LogP contribution in [-0.4, -0.2) is 41.4 Å². The fraction of sp³-hybridized carbons (Fsp3) is 0.600. The number of amides is 1. The van der Waals surface area contributed by atoms with Gasteiger partial charge in [0.1, 0.15) is 17.1 Å². The minimum atomic E-state index is -0.431. The van der Waals surface area contributed by atoms with E-state index in [1.54, 1.807) is 36.7 Å². The van der Waals surface area contributed by atoms with E-state index in [2.05, 4.69) is 25.5 Å². The number of esters is 1. The Balaban J connectivity index is 2.64. The van der Waals surface area contributed by atoms with Crippen LogP contribution in [-0.2, 0) is 16.1 Å². The molecule has 0 radical (unpaired) electrons. The summed E-state index contributed by atoms with van der Waals surface area (Å²) < 4.78 is 10.2. The maximum Gasteiger partial charge on any atom is 0.341 e. The van der Waals surface area contributed by atoms with Gasteiger partial charge in [0, 0.05) is 11.8 Å². The zero-order chi connectivity index (χ0) is 16.2. The van der Waals surface area contributed by atoms with E-state index in [0.29, 0.717) is 29.4 Å². The molecule has 21 heavy (non-hydrogen) atoms. The van der Waals surface area contributed by atoms with Gasteiger partial charge in [-0.05, 0) is 13.0 Å². The van der Waals surface area contributed by atoms with Gasteiger partial charge in [0.25, 0.3) is 0 Å². The quantitative estimate of drug-likeness (QED) is 0.782. The lowest BCUT2D eigenvalue weighted by Crippen LogP contribution is -2.29. The van der Waals surface area contributed by atoms with Gasteiger partial charge in [-0.2, -0.15) is 0 Å². The molecule has 0 aromatic carbocycles. The Kier molecular flexibility index (Phi) is 5.89. The standard InChI is InChI=1S/C15H23NO4S/c1-10-12(14(18)19-6)7-11(20-10)8-16(5)13(17)9-21-15(2,3)4/h7H,8-9H2,1-6H3. The number of methoxy groups -OCH3 is 1. The van der Waals surface area contributed by atoms with Gasteiger partial charge < -0.3 is 14.1 Å². The van der Waals surface area contributed by atoms with Crippen LogP contribution in [0.3, 0.4) is 0 Å².